The molecule has 4 rings (SSSR count). The molecule has 0 radical (unpaired) electrons. The van der Waals surface area contributed by atoms with Crippen molar-refractivity contribution in [3.8, 4) is 0 Å². The molecule has 1 aromatic heterocycles. The number of benzene rings is 1. The summed E-state index contributed by atoms with van der Waals surface area (Å²) in [5.74, 6) is -0.150. The van der Waals surface area contributed by atoms with Crippen LogP contribution < -0.4 is 0 Å². The van der Waals surface area contributed by atoms with Crippen LogP contribution in [0.25, 0.3) is 10.9 Å². The minimum absolute atomic E-state index is 0.0494. The smallest absolute Gasteiger partial charge is 0.275 e. The van der Waals surface area contributed by atoms with Crippen molar-refractivity contribution in [2.75, 3.05) is 32.6 Å². The number of hydrogen-bond acceptors (Lipinski definition) is 5. The van der Waals surface area contributed by atoms with E-state index in [-0.39, 0.29) is 18.0 Å². The van der Waals surface area contributed by atoms with Gasteiger partial charge in [-0.05, 0) is 18.9 Å². The number of amides is 1. The van der Waals surface area contributed by atoms with Gasteiger partial charge in [0, 0.05) is 44.8 Å². The number of hydrogen-bond donors (Lipinski definition) is 0. The molecule has 0 spiro atoms. The highest BCUT2D eigenvalue weighted by Gasteiger charge is 2.43. The average Bonchev–Trinajstić information content (AvgIpc) is 2.94. The fourth-order valence-corrected chi connectivity index (χ4v) is 5.51. The number of sulfonamides is 1. The maximum absolute atomic E-state index is 12.9. The molecule has 0 bridgehead atoms. The highest BCUT2D eigenvalue weighted by atomic mass is 32.2. The first kappa shape index (κ1) is 18.4. The highest BCUT2D eigenvalue weighted by Crippen LogP contribution is 2.28. The third-order valence-electron chi connectivity index (χ3n) is 5.40. The summed E-state index contributed by atoms with van der Waals surface area (Å²) in [6.45, 7) is 1.94. The van der Waals surface area contributed by atoms with E-state index in [2.05, 4.69) is 5.10 Å². The number of carbonyl (C=O) groups excluding carboxylic acids is 1. The minimum atomic E-state index is -3.35. The van der Waals surface area contributed by atoms with Crippen molar-refractivity contribution in [2.24, 2.45) is 7.05 Å². The van der Waals surface area contributed by atoms with Gasteiger partial charge in [0.05, 0.1) is 17.8 Å². The van der Waals surface area contributed by atoms with Crippen molar-refractivity contribution in [3.05, 3.63) is 30.0 Å². The van der Waals surface area contributed by atoms with Crippen molar-refractivity contribution in [1.82, 2.24) is 19.0 Å². The van der Waals surface area contributed by atoms with Crippen LogP contribution in [0.3, 0.4) is 0 Å². The molecular formula is C18H24N4O4S. The summed E-state index contributed by atoms with van der Waals surface area (Å²) in [6.07, 6.45) is 2.64. The Hall–Kier alpha value is -1.97. The quantitative estimate of drug-likeness (QED) is 0.770. The Balaban J connectivity index is 1.51. The first-order valence-corrected chi connectivity index (χ1v) is 11.0. The summed E-state index contributed by atoms with van der Waals surface area (Å²) in [5.41, 5.74) is 1.32. The summed E-state index contributed by atoms with van der Waals surface area (Å²) >= 11 is 0. The van der Waals surface area contributed by atoms with E-state index in [0.29, 0.717) is 44.8 Å². The maximum atomic E-state index is 12.9. The molecule has 1 aromatic carbocycles. The van der Waals surface area contributed by atoms with E-state index in [1.807, 2.05) is 31.3 Å². The Morgan fingerprint density at radius 2 is 1.85 bits per heavy atom. The zero-order valence-corrected chi connectivity index (χ0v) is 16.4. The predicted octanol–water partition coefficient (Wildman–Crippen LogP) is 0.838. The molecular weight excluding hydrogens is 368 g/mol. The lowest BCUT2D eigenvalue weighted by Gasteiger charge is -2.47. The van der Waals surface area contributed by atoms with Gasteiger partial charge >= 0.3 is 0 Å². The van der Waals surface area contributed by atoms with Gasteiger partial charge in [-0.2, -0.15) is 9.40 Å². The molecule has 0 aliphatic carbocycles. The van der Waals surface area contributed by atoms with Crippen LogP contribution in [0.2, 0.25) is 0 Å². The fraction of sp³-hybridized carbons (Fsp3) is 0.556. The molecule has 3 heterocycles. The Labute approximate surface area is 158 Å². The molecule has 0 saturated carbocycles. The zero-order valence-electron chi connectivity index (χ0n) is 15.5. The van der Waals surface area contributed by atoms with Crippen LogP contribution in [-0.4, -0.2) is 78.0 Å². The summed E-state index contributed by atoms with van der Waals surface area (Å²) in [6, 6.07) is 7.38. The van der Waals surface area contributed by atoms with E-state index < -0.39 is 10.0 Å². The van der Waals surface area contributed by atoms with E-state index in [0.717, 1.165) is 10.9 Å². The summed E-state index contributed by atoms with van der Waals surface area (Å²) in [5, 5.41) is 5.20. The molecule has 2 aromatic rings. The van der Waals surface area contributed by atoms with Crippen molar-refractivity contribution in [2.45, 2.75) is 24.9 Å². The monoisotopic (exact) mass is 392 g/mol. The number of para-hydroxylation sites is 1. The number of aromatic nitrogens is 2. The van der Waals surface area contributed by atoms with Crippen molar-refractivity contribution in [3.63, 3.8) is 0 Å². The number of ether oxygens (including phenoxy) is 1. The SMILES string of the molecule is Cn1nc(C(=O)N2CC(N(C3CCOCC3)S(C)(=O)=O)C2)c2ccccc21. The zero-order chi connectivity index (χ0) is 19.2. The van der Waals surface area contributed by atoms with Gasteiger partial charge in [-0.1, -0.05) is 18.2 Å². The maximum Gasteiger partial charge on any atom is 0.275 e. The van der Waals surface area contributed by atoms with E-state index in [1.54, 1.807) is 13.9 Å². The highest BCUT2D eigenvalue weighted by molar-refractivity contribution is 7.88. The molecule has 1 amide bonds. The molecule has 9 heteroatoms. The molecule has 0 N–H and O–H groups in total. The van der Waals surface area contributed by atoms with Gasteiger partial charge in [0.2, 0.25) is 10.0 Å². The van der Waals surface area contributed by atoms with E-state index in [1.165, 1.54) is 6.26 Å². The van der Waals surface area contributed by atoms with Crippen LogP contribution >= 0.6 is 0 Å². The largest absolute Gasteiger partial charge is 0.381 e. The van der Waals surface area contributed by atoms with E-state index >= 15 is 0 Å². The van der Waals surface area contributed by atoms with Gasteiger partial charge in [0.15, 0.2) is 5.69 Å². The molecule has 2 aliphatic heterocycles. The van der Waals surface area contributed by atoms with Gasteiger partial charge in [-0.25, -0.2) is 8.42 Å². The number of likely N-dealkylation sites (tertiary alicyclic amines) is 1. The topological polar surface area (TPSA) is 84.7 Å². The molecule has 0 atom stereocenters. The lowest BCUT2D eigenvalue weighted by Crippen LogP contribution is -2.64. The predicted molar refractivity (Wildman–Crippen MR) is 101 cm³/mol. The molecule has 146 valence electrons. The number of nitrogens with zero attached hydrogens (tertiary/aromatic N) is 4. The lowest BCUT2D eigenvalue weighted by molar-refractivity contribution is 0.0123. The number of aryl methyl sites for hydroxylation is 1. The van der Waals surface area contributed by atoms with Gasteiger partial charge in [-0.3, -0.25) is 9.48 Å². The van der Waals surface area contributed by atoms with E-state index in [9.17, 15) is 13.2 Å². The first-order chi connectivity index (χ1) is 12.9. The average molecular weight is 392 g/mol. The van der Waals surface area contributed by atoms with Crippen LogP contribution in [0.1, 0.15) is 23.3 Å². The Morgan fingerprint density at radius 3 is 2.52 bits per heavy atom. The molecule has 2 saturated heterocycles. The van der Waals surface area contributed by atoms with Crippen LogP contribution in [0.4, 0.5) is 0 Å². The second-order valence-corrected chi connectivity index (χ2v) is 9.18. The van der Waals surface area contributed by atoms with Crippen molar-refractivity contribution < 1.29 is 17.9 Å². The number of fused-ring (bicyclic) bond motifs is 1. The second-order valence-electron chi connectivity index (χ2n) is 7.29. The summed E-state index contributed by atoms with van der Waals surface area (Å²) < 4.78 is 33.4. The molecule has 2 fully saturated rings. The minimum Gasteiger partial charge on any atom is -0.381 e. The van der Waals surface area contributed by atoms with Crippen LogP contribution in [0, 0.1) is 0 Å². The Bertz CT molecular complexity index is 959. The van der Waals surface area contributed by atoms with Crippen LogP contribution in [0.15, 0.2) is 24.3 Å². The standard InChI is InChI=1S/C18H24N4O4S/c1-20-16-6-4-3-5-15(16)17(19-20)18(23)21-11-14(12-21)22(27(2,24)25)13-7-9-26-10-8-13/h3-6,13-14H,7-12H2,1-2H3. The second kappa shape index (κ2) is 6.88. The Kier molecular flexibility index (Phi) is 4.69. The Morgan fingerprint density at radius 1 is 1.19 bits per heavy atom. The van der Waals surface area contributed by atoms with Gasteiger partial charge in [-0.15, -0.1) is 0 Å². The van der Waals surface area contributed by atoms with Gasteiger partial charge < -0.3 is 9.64 Å². The summed E-state index contributed by atoms with van der Waals surface area (Å²) in [7, 11) is -1.53. The van der Waals surface area contributed by atoms with E-state index in [4.69, 9.17) is 4.74 Å². The molecule has 8 nitrogen and oxygen atoms in total. The third kappa shape index (κ3) is 3.35. The number of rotatable bonds is 4. The lowest BCUT2D eigenvalue weighted by atomic mass is 10.0. The molecule has 27 heavy (non-hydrogen) atoms. The van der Waals surface area contributed by atoms with Crippen molar-refractivity contribution >= 4 is 26.8 Å². The third-order valence-corrected chi connectivity index (χ3v) is 6.77. The van der Waals surface area contributed by atoms with Crippen LogP contribution in [-0.2, 0) is 21.8 Å². The normalized spacial score (nSPS) is 19.6. The first-order valence-electron chi connectivity index (χ1n) is 9.13. The van der Waals surface area contributed by atoms with Crippen LogP contribution in [0.5, 0.6) is 0 Å². The molecule has 2 aliphatic rings. The summed E-state index contributed by atoms with van der Waals surface area (Å²) in [4.78, 5) is 14.6. The van der Waals surface area contributed by atoms with Gasteiger partial charge in [0.25, 0.3) is 5.91 Å². The fourth-order valence-electron chi connectivity index (χ4n) is 4.08. The van der Waals surface area contributed by atoms with Crippen molar-refractivity contribution in [1.29, 1.82) is 0 Å². The number of carbonyl (C=O) groups is 1. The van der Waals surface area contributed by atoms with Gasteiger partial charge in [0.1, 0.15) is 0 Å². The molecule has 0 unspecified atom stereocenters.